The second kappa shape index (κ2) is 6.59. The summed E-state index contributed by atoms with van der Waals surface area (Å²) in [4.78, 5) is 11.6. The summed E-state index contributed by atoms with van der Waals surface area (Å²) in [6.45, 7) is 1.84. The van der Waals surface area contributed by atoms with E-state index in [1.54, 1.807) is 18.2 Å². The Labute approximate surface area is 102 Å². The zero-order chi connectivity index (χ0) is 12.7. The van der Waals surface area contributed by atoms with E-state index in [0.29, 0.717) is 12.8 Å². The maximum absolute atomic E-state index is 11.6. The number of rotatable bonds is 5. The van der Waals surface area contributed by atoms with Crippen molar-refractivity contribution in [3.8, 4) is 18.1 Å². The number of hydrogen-bond acceptors (Lipinski definition) is 2. The summed E-state index contributed by atoms with van der Waals surface area (Å²) in [5, 5.41) is 12.1. The topological polar surface area (TPSA) is 49.3 Å². The molecule has 0 spiro atoms. The zero-order valence-corrected chi connectivity index (χ0v) is 9.99. The van der Waals surface area contributed by atoms with Crippen LogP contribution < -0.4 is 5.32 Å². The summed E-state index contributed by atoms with van der Waals surface area (Å²) in [5.74, 6) is 2.73. The predicted molar refractivity (Wildman–Crippen MR) is 68.8 cm³/mol. The number of amides is 1. The van der Waals surface area contributed by atoms with Crippen LogP contribution in [0.5, 0.6) is 5.75 Å². The number of nitrogens with one attached hydrogen (secondary N) is 1. The molecule has 1 amide bonds. The third-order valence-corrected chi connectivity index (χ3v) is 2.46. The fourth-order valence-electron chi connectivity index (χ4n) is 1.51. The van der Waals surface area contributed by atoms with Crippen molar-refractivity contribution in [1.82, 2.24) is 0 Å². The highest BCUT2D eigenvalue weighted by Crippen LogP contribution is 2.20. The Morgan fingerprint density at radius 1 is 1.47 bits per heavy atom. The number of anilines is 1. The molecule has 0 atom stereocenters. The van der Waals surface area contributed by atoms with E-state index in [-0.39, 0.29) is 11.7 Å². The van der Waals surface area contributed by atoms with Gasteiger partial charge in [0.05, 0.1) is 0 Å². The molecule has 17 heavy (non-hydrogen) atoms. The molecule has 0 fully saturated rings. The van der Waals surface area contributed by atoms with Crippen molar-refractivity contribution in [2.75, 3.05) is 5.32 Å². The number of benzene rings is 1. The lowest BCUT2D eigenvalue weighted by Gasteiger charge is -2.08. The third kappa shape index (κ3) is 4.60. The van der Waals surface area contributed by atoms with E-state index in [1.807, 2.05) is 6.92 Å². The minimum atomic E-state index is -0.0178. The van der Waals surface area contributed by atoms with Crippen molar-refractivity contribution in [2.24, 2.45) is 0 Å². The van der Waals surface area contributed by atoms with Crippen molar-refractivity contribution in [2.45, 2.75) is 32.6 Å². The van der Waals surface area contributed by atoms with Gasteiger partial charge in [0, 0.05) is 18.5 Å². The molecule has 0 unspecified atom stereocenters. The van der Waals surface area contributed by atoms with E-state index >= 15 is 0 Å². The van der Waals surface area contributed by atoms with Gasteiger partial charge >= 0.3 is 0 Å². The molecule has 3 heteroatoms. The van der Waals surface area contributed by atoms with Gasteiger partial charge in [-0.3, -0.25) is 4.79 Å². The molecule has 1 aromatic rings. The van der Waals surface area contributed by atoms with Crippen LogP contribution in [0.3, 0.4) is 0 Å². The third-order valence-electron chi connectivity index (χ3n) is 2.46. The van der Waals surface area contributed by atoms with Crippen molar-refractivity contribution < 1.29 is 9.90 Å². The first-order valence-electron chi connectivity index (χ1n) is 5.66. The highest BCUT2D eigenvalue weighted by Gasteiger charge is 2.04. The second-order valence-electron chi connectivity index (χ2n) is 3.96. The van der Waals surface area contributed by atoms with E-state index in [1.165, 1.54) is 0 Å². The van der Waals surface area contributed by atoms with Crippen LogP contribution >= 0.6 is 0 Å². The van der Waals surface area contributed by atoms with Crippen molar-refractivity contribution >= 4 is 11.6 Å². The fourth-order valence-corrected chi connectivity index (χ4v) is 1.51. The SMILES string of the molecule is C#CCCCCC(=O)Nc1ccc(O)cc1C. The van der Waals surface area contributed by atoms with Gasteiger partial charge in [-0.15, -0.1) is 12.3 Å². The lowest BCUT2D eigenvalue weighted by Crippen LogP contribution is -2.11. The van der Waals surface area contributed by atoms with Crippen molar-refractivity contribution in [3.63, 3.8) is 0 Å². The van der Waals surface area contributed by atoms with Gasteiger partial charge in [-0.05, 0) is 43.5 Å². The molecule has 1 rings (SSSR count). The van der Waals surface area contributed by atoms with Gasteiger partial charge < -0.3 is 10.4 Å². The van der Waals surface area contributed by atoms with Gasteiger partial charge in [0.1, 0.15) is 5.75 Å². The summed E-state index contributed by atoms with van der Waals surface area (Å²) in [5.41, 5.74) is 1.59. The van der Waals surface area contributed by atoms with Gasteiger partial charge in [0.25, 0.3) is 0 Å². The summed E-state index contributed by atoms with van der Waals surface area (Å²) in [6.07, 6.45) is 7.99. The highest BCUT2D eigenvalue weighted by atomic mass is 16.3. The number of unbranched alkanes of at least 4 members (excludes halogenated alkanes) is 2. The Kier molecular flexibility index (Phi) is 5.09. The van der Waals surface area contributed by atoms with Crippen LogP contribution in [-0.4, -0.2) is 11.0 Å². The number of terminal acetylenes is 1. The van der Waals surface area contributed by atoms with E-state index < -0.39 is 0 Å². The van der Waals surface area contributed by atoms with Gasteiger partial charge in [-0.1, -0.05) is 0 Å². The number of carbonyl (C=O) groups excluding carboxylic acids is 1. The standard InChI is InChI=1S/C14H17NO2/c1-3-4-5-6-7-14(17)15-13-9-8-12(16)10-11(13)2/h1,8-10,16H,4-7H2,2H3,(H,15,17). The Balaban J connectivity index is 2.43. The Morgan fingerprint density at radius 2 is 2.24 bits per heavy atom. The smallest absolute Gasteiger partial charge is 0.224 e. The first-order valence-corrected chi connectivity index (χ1v) is 5.66. The minimum Gasteiger partial charge on any atom is -0.508 e. The van der Waals surface area contributed by atoms with Crippen LogP contribution in [0.25, 0.3) is 0 Å². The van der Waals surface area contributed by atoms with Crippen LogP contribution in [0.1, 0.15) is 31.2 Å². The van der Waals surface area contributed by atoms with E-state index in [4.69, 9.17) is 6.42 Å². The molecule has 0 bridgehead atoms. The Bertz CT molecular complexity index is 432. The fraction of sp³-hybridized carbons (Fsp3) is 0.357. The van der Waals surface area contributed by atoms with Gasteiger partial charge in [0.15, 0.2) is 0 Å². The molecule has 0 saturated heterocycles. The average molecular weight is 231 g/mol. The van der Waals surface area contributed by atoms with Crippen LogP contribution in [0, 0.1) is 19.3 Å². The second-order valence-corrected chi connectivity index (χ2v) is 3.96. The highest BCUT2D eigenvalue weighted by molar-refractivity contribution is 5.91. The molecule has 2 N–H and O–H groups in total. The largest absolute Gasteiger partial charge is 0.508 e. The van der Waals surface area contributed by atoms with Crippen LogP contribution in [0.2, 0.25) is 0 Å². The number of phenols is 1. The number of phenolic OH excluding ortho intramolecular Hbond substituents is 1. The molecule has 1 aromatic carbocycles. The first kappa shape index (κ1) is 13.1. The van der Waals surface area contributed by atoms with Gasteiger partial charge in [0.2, 0.25) is 5.91 Å². The van der Waals surface area contributed by atoms with Gasteiger partial charge in [-0.25, -0.2) is 0 Å². The Hall–Kier alpha value is -1.95. The number of aryl methyl sites for hydroxylation is 1. The van der Waals surface area contributed by atoms with Crippen LogP contribution in [0.15, 0.2) is 18.2 Å². The maximum Gasteiger partial charge on any atom is 0.224 e. The van der Waals surface area contributed by atoms with Crippen molar-refractivity contribution in [3.05, 3.63) is 23.8 Å². The lowest BCUT2D eigenvalue weighted by atomic mass is 10.1. The monoisotopic (exact) mass is 231 g/mol. The molecule has 90 valence electrons. The molecule has 0 aliphatic heterocycles. The number of aromatic hydroxyl groups is 1. The summed E-state index contributed by atoms with van der Waals surface area (Å²) < 4.78 is 0. The van der Waals surface area contributed by atoms with Crippen LogP contribution in [-0.2, 0) is 4.79 Å². The maximum atomic E-state index is 11.6. The molecule has 0 heterocycles. The van der Waals surface area contributed by atoms with Crippen molar-refractivity contribution in [1.29, 1.82) is 0 Å². The van der Waals surface area contributed by atoms with Gasteiger partial charge in [-0.2, -0.15) is 0 Å². The zero-order valence-electron chi connectivity index (χ0n) is 9.99. The number of hydrogen-bond donors (Lipinski definition) is 2. The van der Waals surface area contributed by atoms with E-state index in [0.717, 1.165) is 24.1 Å². The first-order chi connectivity index (χ1) is 8.13. The minimum absolute atomic E-state index is 0.0178. The summed E-state index contributed by atoms with van der Waals surface area (Å²) in [7, 11) is 0. The molecular formula is C14H17NO2. The molecule has 3 nitrogen and oxygen atoms in total. The molecule has 0 aromatic heterocycles. The van der Waals surface area contributed by atoms with Crippen LogP contribution in [0.4, 0.5) is 5.69 Å². The summed E-state index contributed by atoms with van der Waals surface area (Å²) in [6, 6.07) is 4.87. The molecule has 0 radical (unpaired) electrons. The predicted octanol–water partition coefficient (Wildman–Crippen LogP) is 2.83. The molecule has 0 aliphatic carbocycles. The van der Waals surface area contributed by atoms with E-state index in [9.17, 15) is 9.90 Å². The molecule has 0 saturated carbocycles. The van der Waals surface area contributed by atoms with E-state index in [2.05, 4.69) is 11.2 Å². The lowest BCUT2D eigenvalue weighted by molar-refractivity contribution is -0.116. The quantitative estimate of drug-likeness (QED) is 0.465. The number of carbonyl (C=O) groups is 1. The Morgan fingerprint density at radius 3 is 2.88 bits per heavy atom. The molecular weight excluding hydrogens is 214 g/mol. The average Bonchev–Trinajstić information content (AvgIpc) is 2.28. The molecule has 0 aliphatic rings. The summed E-state index contributed by atoms with van der Waals surface area (Å²) >= 11 is 0. The normalized spacial score (nSPS) is 9.65.